The zero-order valence-electron chi connectivity index (χ0n) is 23.8. The molecule has 10 heteroatoms. The number of hydrogen-bond donors (Lipinski definition) is 1. The molecule has 1 fully saturated rings. The number of ether oxygens (including phenoxy) is 3. The Labute approximate surface area is 239 Å². The molecule has 1 aliphatic carbocycles. The van der Waals surface area contributed by atoms with E-state index in [9.17, 15) is 9.90 Å². The molecular formula is C31H33N5O5. The third kappa shape index (κ3) is 5.21. The van der Waals surface area contributed by atoms with Crippen molar-refractivity contribution in [3.63, 3.8) is 0 Å². The Balaban J connectivity index is 1.67. The first-order valence-electron chi connectivity index (χ1n) is 13.6. The van der Waals surface area contributed by atoms with E-state index < -0.39 is 5.97 Å². The molecule has 2 atom stereocenters. The number of hydrogen-bond acceptors (Lipinski definition) is 8. The van der Waals surface area contributed by atoms with Crippen LogP contribution in [0.3, 0.4) is 0 Å². The second kappa shape index (κ2) is 11.6. The third-order valence-corrected chi connectivity index (χ3v) is 7.75. The van der Waals surface area contributed by atoms with Crippen LogP contribution in [0.4, 0.5) is 5.69 Å². The van der Waals surface area contributed by atoms with Gasteiger partial charge in [-0.1, -0.05) is 38.0 Å². The number of methoxy groups -OCH3 is 2. The first-order chi connectivity index (χ1) is 19.8. The monoisotopic (exact) mass is 555 g/mol. The lowest BCUT2D eigenvalue weighted by molar-refractivity contribution is -0.149. The van der Waals surface area contributed by atoms with E-state index in [4.69, 9.17) is 35.9 Å². The Kier molecular flexibility index (Phi) is 7.90. The molecule has 2 aromatic carbocycles. The van der Waals surface area contributed by atoms with Crippen LogP contribution in [0.5, 0.6) is 11.5 Å². The molecule has 41 heavy (non-hydrogen) atoms. The molecule has 1 aromatic heterocycles. The van der Waals surface area contributed by atoms with Crippen molar-refractivity contribution in [2.45, 2.75) is 52.7 Å². The van der Waals surface area contributed by atoms with E-state index in [1.165, 1.54) is 11.8 Å². The average molecular weight is 556 g/mol. The van der Waals surface area contributed by atoms with Crippen molar-refractivity contribution in [2.24, 2.45) is 16.8 Å². The Morgan fingerprint density at radius 3 is 2.51 bits per heavy atom. The highest BCUT2D eigenvalue weighted by molar-refractivity contribution is 6.29. The van der Waals surface area contributed by atoms with Gasteiger partial charge < -0.3 is 19.3 Å². The lowest BCUT2D eigenvalue weighted by Gasteiger charge is -2.34. The molecule has 0 radical (unpaired) electrons. The van der Waals surface area contributed by atoms with Gasteiger partial charge in [0, 0.05) is 11.6 Å². The lowest BCUT2D eigenvalue weighted by Crippen LogP contribution is -2.35. The van der Waals surface area contributed by atoms with E-state index >= 15 is 0 Å². The fourth-order valence-electron chi connectivity index (χ4n) is 5.57. The molecule has 2 unspecified atom stereocenters. The number of aromatic nitrogens is 3. The molecule has 1 saturated carbocycles. The van der Waals surface area contributed by atoms with Crippen LogP contribution >= 0.6 is 0 Å². The highest BCUT2D eigenvalue weighted by Gasteiger charge is 2.40. The second-order valence-corrected chi connectivity index (χ2v) is 10.6. The van der Waals surface area contributed by atoms with Crippen molar-refractivity contribution in [3.05, 3.63) is 70.5 Å². The molecule has 0 amide bonds. The number of rotatable bonds is 7. The summed E-state index contributed by atoms with van der Waals surface area (Å²) in [6.07, 6.45) is 2.78. The molecule has 1 N–H and O–H groups in total. The van der Waals surface area contributed by atoms with Crippen LogP contribution in [-0.2, 0) is 16.1 Å². The smallest absolute Gasteiger partial charge is 0.331 e. The summed E-state index contributed by atoms with van der Waals surface area (Å²) >= 11 is 0. The van der Waals surface area contributed by atoms with Crippen LogP contribution in [0.25, 0.3) is 21.8 Å². The normalized spacial score (nSPS) is 21.0. The standard InChI is InChI=1S/C31H33N5O5/c1-17-10-13-23(39-5)22(14-17)28-34-29-25(31(38)41-27-18(2)8-7-9-19(27)3)26(32-4)30(36(29)35-28)33-21-12-11-20(16-37)24(15-21)40-6/h10-15,18-19,27,37H,7-9,16H2,1-3,5-6H3. The van der Waals surface area contributed by atoms with Crippen molar-refractivity contribution < 1.29 is 24.1 Å². The van der Waals surface area contributed by atoms with Gasteiger partial charge in [0.1, 0.15) is 23.2 Å². The van der Waals surface area contributed by atoms with E-state index in [1.807, 2.05) is 25.1 Å². The first kappa shape index (κ1) is 28.1. The number of allylic oxidation sites excluding steroid dienone is 1. The average Bonchev–Trinajstić information content (AvgIpc) is 3.52. The van der Waals surface area contributed by atoms with Gasteiger partial charge in [0.15, 0.2) is 17.5 Å². The molecule has 2 heterocycles. The van der Waals surface area contributed by atoms with Gasteiger partial charge in [-0.3, -0.25) is 0 Å². The zero-order chi connectivity index (χ0) is 29.3. The SMILES string of the molecule is [C-]#[N+]C1=C(C(=O)OC2C(C)CCCC2C)c2nc(-c3cc(C)ccc3OC)nn2C1=Nc1ccc(CO)c(OC)c1. The molecule has 0 bridgehead atoms. The zero-order valence-corrected chi connectivity index (χ0v) is 23.8. The van der Waals surface area contributed by atoms with Crippen LogP contribution < -0.4 is 9.47 Å². The number of carbonyl (C=O) groups excluding carboxylic acids is 1. The van der Waals surface area contributed by atoms with Crippen molar-refractivity contribution in [1.29, 1.82) is 0 Å². The summed E-state index contributed by atoms with van der Waals surface area (Å²) in [6, 6.07) is 10.7. The molecule has 212 valence electrons. The summed E-state index contributed by atoms with van der Waals surface area (Å²) in [5.74, 6) is 1.49. The summed E-state index contributed by atoms with van der Waals surface area (Å²) < 4.78 is 18.5. The van der Waals surface area contributed by atoms with Gasteiger partial charge >= 0.3 is 5.97 Å². The number of aryl methyl sites for hydroxylation is 1. The Hall–Kier alpha value is -4.49. The van der Waals surface area contributed by atoms with Crippen LogP contribution in [0.15, 0.2) is 47.1 Å². The van der Waals surface area contributed by atoms with E-state index in [0.717, 1.165) is 24.8 Å². The molecule has 0 spiro atoms. The van der Waals surface area contributed by atoms with Gasteiger partial charge in [-0.2, -0.15) is 0 Å². The van der Waals surface area contributed by atoms with Crippen LogP contribution in [-0.4, -0.2) is 52.0 Å². The fraction of sp³-hybridized carbons (Fsp3) is 0.387. The van der Waals surface area contributed by atoms with Gasteiger partial charge in [-0.05, 0) is 49.8 Å². The largest absolute Gasteiger partial charge is 0.496 e. The Morgan fingerprint density at radius 1 is 1.12 bits per heavy atom. The number of aliphatic imine (C=N–C) groups is 1. The van der Waals surface area contributed by atoms with E-state index in [0.29, 0.717) is 34.1 Å². The summed E-state index contributed by atoms with van der Waals surface area (Å²) in [5, 5.41) is 14.3. The van der Waals surface area contributed by atoms with Gasteiger partial charge in [0.25, 0.3) is 0 Å². The minimum absolute atomic E-state index is 0.00840. The highest BCUT2D eigenvalue weighted by atomic mass is 16.5. The minimum Gasteiger partial charge on any atom is -0.496 e. The molecule has 5 rings (SSSR count). The number of benzene rings is 2. The minimum atomic E-state index is -0.614. The third-order valence-electron chi connectivity index (χ3n) is 7.75. The number of nitrogens with zero attached hydrogens (tertiary/aromatic N) is 5. The predicted octanol–water partition coefficient (Wildman–Crippen LogP) is 5.35. The van der Waals surface area contributed by atoms with Crippen molar-refractivity contribution >= 4 is 23.1 Å². The van der Waals surface area contributed by atoms with Crippen molar-refractivity contribution in [1.82, 2.24) is 14.8 Å². The summed E-state index contributed by atoms with van der Waals surface area (Å²) in [5.41, 5.74) is 2.73. The van der Waals surface area contributed by atoms with Crippen LogP contribution in [0, 0.1) is 25.3 Å². The molecule has 0 saturated heterocycles. The van der Waals surface area contributed by atoms with E-state index in [2.05, 4.69) is 18.7 Å². The number of carbonyl (C=O) groups is 1. The van der Waals surface area contributed by atoms with E-state index in [1.54, 1.807) is 25.3 Å². The van der Waals surface area contributed by atoms with E-state index in [-0.39, 0.29) is 47.5 Å². The molecular weight excluding hydrogens is 522 g/mol. The molecule has 10 nitrogen and oxygen atoms in total. The van der Waals surface area contributed by atoms with Gasteiger partial charge in [-0.15, -0.1) is 5.10 Å². The highest BCUT2D eigenvalue weighted by Crippen LogP contribution is 2.38. The number of aliphatic hydroxyl groups excluding tert-OH is 1. The summed E-state index contributed by atoms with van der Waals surface area (Å²) in [4.78, 5) is 27.0. The predicted molar refractivity (Wildman–Crippen MR) is 154 cm³/mol. The maximum atomic E-state index is 13.8. The second-order valence-electron chi connectivity index (χ2n) is 10.6. The molecule has 2 aliphatic rings. The fourth-order valence-corrected chi connectivity index (χ4v) is 5.57. The Morgan fingerprint density at radius 2 is 1.85 bits per heavy atom. The number of aliphatic hydroxyl groups is 1. The lowest BCUT2D eigenvalue weighted by atomic mass is 9.80. The van der Waals surface area contributed by atoms with Gasteiger partial charge in [-0.25, -0.2) is 24.3 Å². The topological polar surface area (TPSA) is 112 Å². The summed E-state index contributed by atoms with van der Waals surface area (Å²) in [6.45, 7) is 14.0. The molecule has 3 aromatic rings. The van der Waals surface area contributed by atoms with Crippen LogP contribution in [0.2, 0.25) is 0 Å². The van der Waals surface area contributed by atoms with Crippen LogP contribution in [0.1, 0.15) is 50.1 Å². The van der Waals surface area contributed by atoms with Crippen molar-refractivity contribution in [3.8, 4) is 22.9 Å². The van der Waals surface area contributed by atoms with Gasteiger partial charge in [0.2, 0.25) is 5.70 Å². The van der Waals surface area contributed by atoms with Gasteiger partial charge in [0.05, 0.1) is 38.6 Å². The summed E-state index contributed by atoms with van der Waals surface area (Å²) in [7, 11) is 3.07. The quantitative estimate of drug-likeness (QED) is 0.309. The maximum absolute atomic E-state index is 13.8. The number of esters is 1. The van der Waals surface area contributed by atoms with Crippen molar-refractivity contribution in [2.75, 3.05) is 14.2 Å². The maximum Gasteiger partial charge on any atom is 0.331 e. The molecule has 1 aliphatic heterocycles. The Bertz CT molecular complexity index is 1590. The number of fused-ring (bicyclic) bond motifs is 1. The first-order valence-corrected chi connectivity index (χ1v) is 13.6.